The molecule has 0 spiro atoms. The molecule has 0 bridgehead atoms. The molecule has 1 rings (SSSR count). The summed E-state index contributed by atoms with van der Waals surface area (Å²) in [6, 6.07) is 0.169. The van der Waals surface area contributed by atoms with Crippen LogP contribution in [0.4, 0.5) is 8.78 Å². The molecule has 0 fully saturated rings. The van der Waals surface area contributed by atoms with Crippen LogP contribution in [0.15, 0.2) is 12.1 Å². The number of carbonyl (C=O) groups is 1. The summed E-state index contributed by atoms with van der Waals surface area (Å²) in [7, 11) is 0. The average molecular weight is 314 g/mol. The zero-order valence-electron chi connectivity index (χ0n) is 9.79. The van der Waals surface area contributed by atoms with Gasteiger partial charge in [-0.15, -0.1) is 0 Å². The van der Waals surface area contributed by atoms with Gasteiger partial charge in [-0.1, -0.05) is 29.3 Å². The second-order valence-corrected chi connectivity index (χ2v) is 4.41. The number of halogens is 4. The average Bonchev–Trinajstić information content (AvgIpc) is 2.35. The van der Waals surface area contributed by atoms with E-state index in [-0.39, 0.29) is 16.7 Å². The molecule has 0 aliphatic carbocycles. The molecule has 1 aromatic rings. The minimum absolute atomic E-state index is 0.0189. The number of ether oxygens (including phenoxy) is 1. The normalized spacial score (nSPS) is 13.2. The van der Waals surface area contributed by atoms with Crippen molar-refractivity contribution < 1.29 is 23.4 Å². The second kappa shape index (κ2) is 5.90. The van der Waals surface area contributed by atoms with Crippen LogP contribution in [0, 0.1) is 0 Å². The molecule has 0 aliphatic rings. The summed E-state index contributed by atoms with van der Waals surface area (Å²) in [5.41, 5.74) is 4.92. The highest BCUT2D eigenvalue weighted by atomic mass is 35.5. The molecule has 1 atom stereocenters. The number of carbonyl (C=O) groups excluding carboxylic acids is 1. The molecular weight excluding hydrogens is 303 g/mol. The summed E-state index contributed by atoms with van der Waals surface area (Å²) < 4.78 is 31.7. The van der Waals surface area contributed by atoms with Crippen LogP contribution >= 0.6 is 23.2 Å². The zero-order chi connectivity index (χ0) is 14.8. The zero-order valence-corrected chi connectivity index (χ0v) is 11.3. The van der Waals surface area contributed by atoms with E-state index in [0.29, 0.717) is 0 Å². The standard InChI is InChI=1S/C11H11Cl2F2NO3/c1-2-19-10(18)11(14,15)9(16)5-3-4-6(12)7(13)8(5)17/h3-4,9,17H,2,16H2,1H3/t9-/m0/s1. The van der Waals surface area contributed by atoms with E-state index in [4.69, 9.17) is 28.9 Å². The minimum Gasteiger partial charge on any atom is -0.506 e. The molecule has 1 aromatic carbocycles. The SMILES string of the molecule is CCOC(=O)C(F)(F)[C@@H](N)c1ccc(Cl)c(Cl)c1O. The summed E-state index contributed by atoms with van der Waals surface area (Å²) >= 11 is 11.2. The van der Waals surface area contributed by atoms with Gasteiger partial charge in [0, 0.05) is 5.56 Å². The second-order valence-electron chi connectivity index (χ2n) is 3.62. The molecule has 0 saturated carbocycles. The highest BCUT2D eigenvalue weighted by molar-refractivity contribution is 6.43. The molecule has 8 heteroatoms. The highest BCUT2D eigenvalue weighted by Crippen LogP contribution is 2.41. The van der Waals surface area contributed by atoms with Gasteiger partial charge >= 0.3 is 11.9 Å². The van der Waals surface area contributed by atoms with Gasteiger partial charge in [0.1, 0.15) is 16.8 Å². The molecule has 3 N–H and O–H groups in total. The minimum atomic E-state index is -4.00. The molecular formula is C11H11Cl2F2NO3. The maximum absolute atomic E-state index is 13.7. The van der Waals surface area contributed by atoms with E-state index in [1.165, 1.54) is 13.0 Å². The Bertz CT molecular complexity index is 497. The Morgan fingerprint density at radius 1 is 1.53 bits per heavy atom. The number of hydrogen-bond acceptors (Lipinski definition) is 4. The van der Waals surface area contributed by atoms with E-state index in [1.54, 1.807) is 0 Å². The summed E-state index contributed by atoms with van der Waals surface area (Å²) in [6.45, 7) is 1.17. The van der Waals surface area contributed by atoms with E-state index >= 15 is 0 Å². The largest absolute Gasteiger partial charge is 0.506 e. The molecule has 19 heavy (non-hydrogen) atoms. The van der Waals surface area contributed by atoms with Gasteiger partial charge in [-0.2, -0.15) is 8.78 Å². The molecule has 0 unspecified atom stereocenters. The first-order valence-corrected chi connectivity index (χ1v) is 5.96. The van der Waals surface area contributed by atoms with E-state index < -0.39 is 29.2 Å². The summed E-state index contributed by atoms with van der Waals surface area (Å²) in [5.74, 6) is -6.46. The molecule has 0 aromatic heterocycles. The highest BCUT2D eigenvalue weighted by Gasteiger charge is 2.48. The lowest BCUT2D eigenvalue weighted by atomic mass is 10.0. The lowest BCUT2D eigenvalue weighted by molar-refractivity contribution is -0.174. The Morgan fingerprint density at radius 3 is 2.63 bits per heavy atom. The number of alkyl halides is 2. The predicted molar refractivity (Wildman–Crippen MR) is 66.6 cm³/mol. The fourth-order valence-electron chi connectivity index (χ4n) is 1.36. The maximum Gasteiger partial charge on any atom is 0.379 e. The summed E-state index contributed by atoms with van der Waals surface area (Å²) in [6.07, 6.45) is 0. The van der Waals surface area contributed by atoms with Crippen LogP contribution in [0.1, 0.15) is 18.5 Å². The monoisotopic (exact) mass is 313 g/mol. The molecule has 106 valence electrons. The Morgan fingerprint density at radius 2 is 2.11 bits per heavy atom. The van der Waals surface area contributed by atoms with Gasteiger partial charge in [-0.05, 0) is 13.0 Å². The number of phenolic OH excluding ortho intramolecular Hbond substituents is 1. The number of phenols is 1. The van der Waals surface area contributed by atoms with Crippen LogP contribution in [0.25, 0.3) is 0 Å². The van der Waals surface area contributed by atoms with Crippen molar-refractivity contribution in [2.24, 2.45) is 5.73 Å². The Balaban J connectivity index is 3.16. The van der Waals surface area contributed by atoms with Crippen molar-refractivity contribution in [2.45, 2.75) is 18.9 Å². The molecule has 0 saturated heterocycles. The molecule has 0 heterocycles. The van der Waals surface area contributed by atoms with Crippen molar-refractivity contribution in [3.05, 3.63) is 27.7 Å². The first-order chi connectivity index (χ1) is 8.73. The number of hydrogen-bond donors (Lipinski definition) is 2. The first-order valence-electron chi connectivity index (χ1n) is 5.20. The third kappa shape index (κ3) is 3.08. The van der Waals surface area contributed by atoms with Crippen LogP contribution in [-0.4, -0.2) is 23.6 Å². The van der Waals surface area contributed by atoms with Gasteiger partial charge in [-0.25, -0.2) is 4.79 Å². The number of rotatable bonds is 4. The van der Waals surface area contributed by atoms with Crippen LogP contribution in [0.5, 0.6) is 5.75 Å². The van der Waals surface area contributed by atoms with Crippen LogP contribution < -0.4 is 5.73 Å². The topological polar surface area (TPSA) is 72.5 Å². The number of aromatic hydroxyl groups is 1. The van der Waals surface area contributed by atoms with Crippen molar-refractivity contribution in [1.82, 2.24) is 0 Å². The van der Waals surface area contributed by atoms with E-state index in [2.05, 4.69) is 4.74 Å². The Hall–Kier alpha value is -1.11. The predicted octanol–water partition coefficient (Wildman–Crippen LogP) is 2.90. The Labute approximate surface area is 118 Å². The van der Waals surface area contributed by atoms with Crippen molar-refractivity contribution in [2.75, 3.05) is 6.61 Å². The molecule has 4 nitrogen and oxygen atoms in total. The van der Waals surface area contributed by atoms with Gasteiger partial charge in [0.05, 0.1) is 11.6 Å². The third-order valence-corrected chi connectivity index (χ3v) is 3.17. The number of benzene rings is 1. The Kier molecular flexibility index (Phi) is 4.95. The van der Waals surface area contributed by atoms with E-state index in [0.717, 1.165) is 6.07 Å². The third-order valence-electron chi connectivity index (χ3n) is 2.37. The fraction of sp³-hybridized carbons (Fsp3) is 0.364. The molecule has 0 aliphatic heterocycles. The van der Waals surface area contributed by atoms with Crippen molar-refractivity contribution in [1.29, 1.82) is 0 Å². The smallest absolute Gasteiger partial charge is 0.379 e. The number of esters is 1. The van der Waals surface area contributed by atoms with Crippen molar-refractivity contribution >= 4 is 29.2 Å². The van der Waals surface area contributed by atoms with Gasteiger partial charge in [0.25, 0.3) is 0 Å². The quantitative estimate of drug-likeness (QED) is 0.838. The van der Waals surface area contributed by atoms with Gasteiger partial charge in [0.15, 0.2) is 0 Å². The van der Waals surface area contributed by atoms with Gasteiger partial charge in [0.2, 0.25) is 0 Å². The van der Waals surface area contributed by atoms with Crippen LogP contribution in [-0.2, 0) is 9.53 Å². The van der Waals surface area contributed by atoms with E-state index in [9.17, 15) is 18.7 Å². The lowest BCUT2D eigenvalue weighted by Crippen LogP contribution is -2.41. The molecule has 0 amide bonds. The summed E-state index contributed by atoms with van der Waals surface area (Å²) in [4.78, 5) is 11.1. The number of nitrogens with two attached hydrogens (primary N) is 1. The van der Waals surface area contributed by atoms with Gasteiger partial charge < -0.3 is 15.6 Å². The molecule has 0 radical (unpaired) electrons. The van der Waals surface area contributed by atoms with Crippen molar-refractivity contribution in [3.8, 4) is 5.75 Å². The van der Waals surface area contributed by atoms with E-state index in [1.807, 2.05) is 0 Å². The van der Waals surface area contributed by atoms with Gasteiger partial charge in [-0.3, -0.25) is 0 Å². The first kappa shape index (κ1) is 15.9. The maximum atomic E-state index is 13.7. The summed E-state index contributed by atoms with van der Waals surface area (Å²) in [5, 5.41) is 9.31. The van der Waals surface area contributed by atoms with Crippen LogP contribution in [0.3, 0.4) is 0 Å². The fourth-order valence-corrected chi connectivity index (χ4v) is 1.68. The lowest BCUT2D eigenvalue weighted by Gasteiger charge is -2.22. The van der Waals surface area contributed by atoms with Crippen LogP contribution in [0.2, 0.25) is 10.0 Å². The van der Waals surface area contributed by atoms with Crippen molar-refractivity contribution in [3.63, 3.8) is 0 Å².